The smallest absolute Gasteiger partial charge is 0.272 e. The van der Waals surface area contributed by atoms with Gasteiger partial charge in [0.2, 0.25) is 0 Å². The number of aromatic nitrogens is 4. The molecule has 0 bridgehead atoms. The van der Waals surface area contributed by atoms with Gasteiger partial charge in [0.25, 0.3) is 5.91 Å². The molecular weight excluding hydrogens is 417 g/mol. The lowest BCUT2D eigenvalue weighted by molar-refractivity contribution is -0.125. The monoisotopic (exact) mass is 439 g/mol. The van der Waals surface area contributed by atoms with Crippen LogP contribution in [0, 0.1) is 12.7 Å². The molecule has 3 aromatic carbocycles. The molecule has 0 atom stereocenters. The quantitative estimate of drug-likeness (QED) is 0.437. The molecule has 33 heavy (non-hydrogen) atoms. The fourth-order valence-electron chi connectivity index (χ4n) is 4.15. The van der Waals surface area contributed by atoms with E-state index in [1.54, 1.807) is 30.0 Å². The van der Waals surface area contributed by atoms with Gasteiger partial charge >= 0.3 is 0 Å². The van der Waals surface area contributed by atoms with Crippen molar-refractivity contribution in [3.8, 4) is 0 Å². The van der Waals surface area contributed by atoms with E-state index in [-0.39, 0.29) is 11.7 Å². The summed E-state index contributed by atoms with van der Waals surface area (Å²) in [5.41, 5.74) is 3.46. The molecule has 1 aliphatic heterocycles. The average Bonchev–Trinajstić information content (AvgIpc) is 3.28. The van der Waals surface area contributed by atoms with Gasteiger partial charge in [0.05, 0.1) is 0 Å². The number of hydrogen-bond donors (Lipinski definition) is 0. The second-order valence-corrected chi connectivity index (χ2v) is 7.98. The summed E-state index contributed by atoms with van der Waals surface area (Å²) in [5.74, 6) is -0.00980. The minimum absolute atomic E-state index is 0.178. The number of aryl methyl sites for hydroxylation is 1. The Morgan fingerprint density at radius 1 is 1.03 bits per heavy atom. The van der Waals surface area contributed by atoms with Crippen LogP contribution in [0.3, 0.4) is 0 Å². The Kier molecular flexibility index (Phi) is 5.52. The number of carbonyl (C=O) groups excluding carboxylic acids is 1. The summed E-state index contributed by atoms with van der Waals surface area (Å²) < 4.78 is 14.8. The summed E-state index contributed by atoms with van der Waals surface area (Å²) in [4.78, 5) is 15.3. The van der Waals surface area contributed by atoms with Crippen LogP contribution in [0.15, 0.2) is 72.8 Å². The fraction of sp³-hybridized carbons (Fsp3) is 0.154. The second-order valence-electron chi connectivity index (χ2n) is 7.98. The van der Waals surface area contributed by atoms with E-state index in [0.717, 1.165) is 6.42 Å². The van der Waals surface area contributed by atoms with E-state index in [2.05, 4.69) is 51.9 Å². The van der Waals surface area contributed by atoms with Crippen LogP contribution in [0.2, 0.25) is 0 Å². The highest BCUT2D eigenvalue weighted by Crippen LogP contribution is 2.30. The van der Waals surface area contributed by atoms with E-state index < -0.39 is 0 Å². The van der Waals surface area contributed by atoms with Gasteiger partial charge in [-0.05, 0) is 69.5 Å². The van der Waals surface area contributed by atoms with Gasteiger partial charge in [-0.15, -0.1) is 5.10 Å². The van der Waals surface area contributed by atoms with Crippen molar-refractivity contribution in [2.24, 2.45) is 0 Å². The van der Waals surface area contributed by atoms with Crippen LogP contribution in [0.4, 0.5) is 4.39 Å². The molecule has 1 aliphatic rings. The molecule has 5 rings (SSSR count). The molecule has 0 radical (unpaired) electrons. The number of carbonyl (C=O) groups is 1. The molecule has 0 spiro atoms. The number of benzene rings is 3. The van der Waals surface area contributed by atoms with Crippen LogP contribution in [-0.2, 0) is 4.79 Å². The largest absolute Gasteiger partial charge is 0.333 e. The topological polar surface area (TPSA) is 63.9 Å². The zero-order valence-corrected chi connectivity index (χ0v) is 18.1. The number of rotatable bonds is 4. The molecular formula is C26H22FN5O. The normalized spacial score (nSPS) is 14.4. The first-order chi connectivity index (χ1) is 16.1. The standard InChI is InChI=1S/C26H22FN5O/c1-18-28-29-30-32(18)25(17-19-9-11-22(27)12-10-19)26(33)31-15-13-21(14-16-31)24-8-4-6-20-5-2-3-7-23(20)24/h2-13,17H,14-16H2,1H3/b25-17-. The highest BCUT2D eigenvalue weighted by molar-refractivity contribution is 6.18. The number of halogens is 1. The van der Waals surface area contributed by atoms with Crippen molar-refractivity contribution in [1.82, 2.24) is 25.1 Å². The number of nitrogens with zero attached hydrogens (tertiary/aromatic N) is 5. The summed E-state index contributed by atoms with van der Waals surface area (Å²) in [7, 11) is 0. The summed E-state index contributed by atoms with van der Waals surface area (Å²) in [5, 5.41) is 14.0. The van der Waals surface area contributed by atoms with Gasteiger partial charge in [-0.3, -0.25) is 4.79 Å². The molecule has 0 aliphatic carbocycles. The minimum Gasteiger partial charge on any atom is -0.333 e. The van der Waals surface area contributed by atoms with Crippen LogP contribution in [-0.4, -0.2) is 44.1 Å². The molecule has 6 nitrogen and oxygen atoms in total. The van der Waals surface area contributed by atoms with E-state index in [4.69, 9.17) is 0 Å². The first kappa shape index (κ1) is 20.8. The Balaban J connectivity index is 1.45. The molecule has 0 saturated carbocycles. The number of hydrogen-bond acceptors (Lipinski definition) is 4. The van der Waals surface area contributed by atoms with Crippen LogP contribution in [0.1, 0.15) is 23.4 Å². The molecule has 0 fully saturated rings. The van der Waals surface area contributed by atoms with Gasteiger partial charge in [0.1, 0.15) is 11.5 Å². The van der Waals surface area contributed by atoms with Crippen molar-refractivity contribution < 1.29 is 9.18 Å². The van der Waals surface area contributed by atoms with Crippen molar-refractivity contribution in [2.75, 3.05) is 13.1 Å². The Morgan fingerprint density at radius 3 is 2.55 bits per heavy atom. The lowest BCUT2D eigenvalue weighted by Gasteiger charge is -2.28. The SMILES string of the molecule is Cc1nnnn1/C(=C\c1ccc(F)cc1)C(=O)N1CC=C(c2cccc3ccccc23)CC1. The number of fused-ring (bicyclic) bond motifs is 1. The van der Waals surface area contributed by atoms with Crippen molar-refractivity contribution in [1.29, 1.82) is 0 Å². The van der Waals surface area contributed by atoms with Crippen LogP contribution in [0.5, 0.6) is 0 Å². The van der Waals surface area contributed by atoms with Gasteiger partial charge in [-0.25, -0.2) is 4.39 Å². The third-order valence-electron chi connectivity index (χ3n) is 5.88. The highest BCUT2D eigenvalue weighted by atomic mass is 19.1. The fourth-order valence-corrected chi connectivity index (χ4v) is 4.15. The first-order valence-corrected chi connectivity index (χ1v) is 10.8. The maximum atomic E-state index is 13.5. The molecule has 1 aromatic heterocycles. The van der Waals surface area contributed by atoms with E-state index in [9.17, 15) is 9.18 Å². The molecule has 1 amide bonds. The molecule has 0 saturated heterocycles. The van der Waals surface area contributed by atoms with Gasteiger partial charge in [-0.1, -0.05) is 60.7 Å². The van der Waals surface area contributed by atoms with Gasteiger partial charge in [0, 0.05) is 13.1 Å². The third-order valence-corrected chi connectivity index (χ3v) is 5.88. The summed E-state index contributed by atoms with van der Waals surface area (Å²) in [6, 6.07) is 20.6. The number of tetrazole rings is 1. The molecule has 0 unspecified atom stereocenters. The first-order valence-electron chi connectivity index (χ1n) is 10.8. The Labute approximate surface area is 190 Å². The third kappa shape index (κ3) is 4.17. The van der Waals surface area contributed by atoms with Crippen LogP contribution in [0.25, 0.3) is 28.1 Å². The van der Waals surface area contributed by atoms with Gasteiger partial charge in [-0.2, -0.15) is 4.68 Å². The maximum absolute atomic E-state index is 13.5. The van der Waals surface area contributed by atoms with Crippen LogP contribution < -0.4 is 0 Å². The maximum Gasteiger partial charge on any atom is 0.272 e. The van der Waals surface area contributed by atoms with E-state index in [1.807, 2.05) is 12.1 Å². The van der Waals surface area contributed by atoms with Gasteiger partial charge < -0.3 is 4.90 Å². The summed E-state index contributed by atoms with van der Waals surface area (Å²) in [6.45, 7) is 2.80. The molecule has 164 valence electrons. The van der Waals surface area contributed by atoms with Crippen molar-refractivity contribution in [2.45, 2.75) is 13.3 Å². The van der Waals surface area contributed by atoms with E-state index >= 15 is 0 Å². The van der Waals surface area contributed by atoms with Crippen LogP contribution >= 0.6 is 0 Å². The zero-order valence-electron chi connectivity index (χ0n) is 18.1. The Morgan fingerprint density at radius 2 is 1.82 bits per heavy atom. The summed E-state index contributed by atoms with van der Waals surface area (Å²) in [6.07, 6.45) is 4.55. The lowest BCUT2D eigenvalue weighted by Crippen LogP contribution is -2.36. The minimum atomic E-state index is -0.333. The predicted molar refractivity (Wildman–Crippen MR) is 126 cm³/mol. The van der Waals surface area contributed by atoms with E-state index in [1.165, 1.54) is 38.7 Å². The average molecular weight is 439 g/mol. The second kappa shape index (κ2) is 8.78. The molecule has 7 heteroatoms. The molecule has 2 heterocycles. The Bertz CT molecular complexity index is 1380. The van der Waals surface area contributed by atoms with Crippen molar-refractivity contribution >= 4 is 34.0 Å². The van der Waals surface area contributed by atoms with Gasteiger partial charge in [0.15, 0.2) is 5.82 Å². The van der Waals surface area contributed by atoms with E-state index in [0.29, 0.717) is 30.2 Å². The molecule has 4 aromatic rings. The predicted octanol–water partition coefficient (Wildman–Crippen LogP) is 4.59. The molecule has 0 N–H and O–H groups in total. The van der Waals surface area contributed by atoms with Crippen molar-refractivity contribution in [3.05, 3.63) is 95.6 Å². The highest BCUT2D eigenvalue weighted by Gasteiger charge is 2.24. The lowest BCUT2D eigenvalue weighted by atomic mass is 9.94. The Hall–Kier alpha value is -4.13. The van der Waals surface area contributed by atoms with Crippen molar-refractivity contribution in [3.63, 3.8) is 0 Å². The number of amides is 1. The zero-order chi connectivity index (χ0) is 22.8. The summed E-state index contributed by atoms with van der Waals surface area (Å²) >= 11 is 0.